The second-order valence-corrected chi connectivity index (χ2v) is 5.93. The van der Waals surface area contributed by atoms with Crippen molar-refractivity contribution in [2.75, 3.05) is 11.9 Å². The number of benzene rings is 1. The van der Waals surface area contributed by atoms with Crippen LogP contribution in [0, 0.1) is 25.5 Å². The molecule has 0 saturated heterocycles. The lowest BCUT2D eigenvalue weighted by Gasteiger charge is -2.22. The zero-order valence-corrected chi connectivity index (χ0v) is 14.3. The molecule has 0 fully saturated rings. The van der Waals surface area contributed by atoms with E-state index in [-0.39, 0.29) is 0 Å². The second-order valence-electron chi connectivity index (χ2n) is 5.93. The molecule has 0 N–H and O–H groups in total. The van der Waals surface area contributed by atoms with E-state index in [2.05, 4.69) is 15.0 Å². The fraction of sp³-hybridized carbons (Fsp3) is 0.211. The molecule has 0 radical (unpaired) electrons. The second kappa shape index (κ2) is 6.93. The first-order chi connectivity index (χ1) is 12.0. The van der Waals surface area contributed by atoms with Crippen LogP contribution in [0.5, 0.6) is 0 Å². The highest BCUT2D eigenvalue weighted by molar-refractivity contribution is 5.59. The lowest BCUT2D eigenvalue weighted by atomic mass is 10.1. The van der Waals surface area contributed by atoms with Gasteiger partial charge in [-0.25, -0.2) is 18.7 Å². The van der Waals surface area contributed by atoms with Gasteiger partial charge in [0.1, 0.15) is 5.82 Å². The summed E-state index contributed by atoms with van der Waals surface area (Å²) in [6.07, 6.45) is 3.41. The van der Waals surface area contributed by atoms with Crippen molar-refractivity contribution in [3.05, 3.63) is 71.2 Å². The standard InChI is InChI=1S/C19H18F2N4/c1-12-13(2)23-18(15-5-4-8-22-10-15)24-19(12)25(3)11-14-6-7-16(20)17(21)9-14/h4-10H,11H2,1-3H3. The summed E-state index contributed by atoms with van der Waals surface area (Å²) in [5, 5.41) is 0. The van der Waals surface area contributed by atoms with Crippen molar-refractivity contribution in [2.24, 2.45) is 0 Å². The minimum atomic E-state index is -0.850. The van der Waals surface area contributed by atoms with E-state index in [1.165, 1.54) is 6.07 Å². The Hall–Kier alpha value is -2.89. The normalized spacial score (nSPS) is 10.8. The Bertz CT molecular complexity index is 897. The molecule has 0 atom stereocenters. The maximum Gasteiger partial charge on any atom is 0.163 e. The molecule has 0 bridgehead atoms. The molecule has 128 valence electrons. The summed E-state index contributed by atoms with van der Waals surface area (Å²) in [6, 6.07) is 7.64. The van der Waals surface area contributed by atoms with Crippen LogP contribution in [-0.2, 0) is 6.54 Å². The van der Waals surface area contributed by atoms with Gasteiger partial charge in [0.2, 0.25) is 0 Å². The summed E-state index contributed by atoms with van der Waals surface area (Å²) in [7, 11) is 1.86. The van der Waals surface area contributed by atoms with E-state index in [4.69, 9.17) is 0 Å². The number of aryl methyl sites for hydroxylation is 1. The molecule has 0 amide bonds. The molecule has 0 spiro atoms. The predicted octanol–water partition coefficient (Wildman–Crippen LogP) is 4.07. The zero-order chi connectivity index (χ0) is 18.0. The number of hydrogen-bond acceptors (Lipinski definition) is 4. The minimum absolute atomic E-state index is 0.404. The van der Waals surface area contributed by atoms with E-state index in [1.54, 1.807) is 18.5 Å². The van der Waals surface area contributed by atoms with Gasteiger partial charge in [-0.3, -0.25) is 4.98 Å². The number of hydrogen-bond donors (Lipinski definition) is 0. The minimum Gasteiger partial charge on any atom is -0.355 e. The quantitative estimate of drug-likeness (QED) is 0.718. The molecule has 0 unspecified atom stereocenters. The molecule has 2 aromatic heterocycles. The molecule has 25 heavy (non-hydrogen) atoms. The average Bonchev–Trinajstić information content (AvgIpc) is 2.61. The molecule has 0 aliphatic heterocycles. The zero-order valence-electron chi connectivity index (χ0n) is 14.3. The Morgan fingerprint density at radius 1 is 1.04 bits per heavy atom. The van der Waals surface area contributed by atoms with Crippen molar-refractivity contribution in [1.82, 2.24) is 15.0 Å². The summed E-state index contributed by atoms with van der Waals surface area (Å²) in [4.78, 5) is 15.2. The highest BCUT2D eigenvalue weighted by Gasteiger charge is 2.14. The molecule has 3 aromatic rings. The van der Waals surface area contributed by atoms with Crippen LogP contribution in [0.4, 0.5) is 14.6 Å². The van der Waals surface area contributed by atoms with E-state index >= 15 is 0 Å². The molecule has 0 aliphatic carbocycles. The predicted molar refractivity (Wildman–Crippen MR) is 93.2 cm³/mol. The molecule has 3 rings (SSSR count). The maximum atomic E-state index is 13.4. The SMILES string of the molecule is Cc1nc(-c2cccnc2)nc(N(C)Cc2ccc(F)c(F)c2)c1C. The van der Waals surface area contributed by atoms with Crippen molar-refractivity contribution >= 4 is 5.82 Å². The van der Waals surface area contributed by atoms with Crippen LogP contribution in [0.3, 0.4) is 0 Å². The van der Waals surface area contributed by atoms with Crippen LogP contribution in [0.25, 0.3) is 11.4 Å². The van der Waals surface area contributed by atoms with E-state index in [9.17, 15) is 8.78 Å². The van der Waals surface area contributed by atoms with Gasteiger partial charge in [-0.05, 0) is 43.7 Å². The van der Waals surface area contributed by atoms with Crippen LogP contribution in [0.15, 0.2) is 42.7 Å². The van der Waals surface area contributed by atoms with Gasteiger partial charge < -0.3 is 4.90 Å². The van der Waals surface area contributed by atoms with Gasteiger partial charge >= 0.3 is 0 Å². The van der Waals surface area contributed by atoms with E-state index < -0.39 is 11.6 Å². The topological polar surface area (TPSA) is 41.9 Å². The average molecular weight is 340 g/mol. The van der Waals surface area contributed by atoms with E-state index in [1.807, 2.05) is 37.9 Å². The summed E-state index contributed by atoms with van der Waals surface area (Å²) in [5.41, 5.74) is 3.30. The van der Waals surface area contributed by atoms with Gasteiger partial charge in [-0.15, -0.1) is 0 Å². The number of halogens is 2. The highest BCUT2D eigenvalue weighted by Crippen LogP contribution is 2.24. The largest absolute Gasteiger partial charge is 0.355 e. The van der Waals surface area contributed by atoms with Crippen LogP contribution < -0.4 is 4.90 Å². The Balaban J connectivity index is 1.95. The van der Waals surface area contributed by atoms with Crippen molar-refractivity contribution in [3.63, 3.8) is 0 Å². The molecule has 1 aromatic carbocycles. The summed E-state index contributed by atoms with van der Waals surface area (Å²) in [6.45, 7) is 4.27. The molecule has 4 nitrogen and oxygen atoms in total. The Kier molecular flexibility index (Phi) is 4.70. The molecule has 6 heteroatoms. The van der Waals surface area contributed by atoms with E-state index in [0.29, 0.717) is 17.9 Å². The number of aromatic nitrogens is 3. The van der Waals surface area contributed by atoms with Gasteiger partial charge in [-0.1, -0.05) is 6.07 Å². The van der Waals surface area contributed by atoms with Crippen molar-refractivity contribution < 1.29 is 8.78 Å². The van der Waals surface area contributed by atoms with Crippen molar-refractivity contribution in [1.29, 1.82) is 0 Å². The third kappa shape index (κ3) is 3.63. The molecule has 0 saturated carbocycles. The first-order valence-corrected chi connectivity index (χ1v) is 7.86. The molecular weight excluding hydrogens is 322 g/mol. The number of rotatable bonds is 4. The summed E-state index contributed by atoms with van der Waals surface area (Å²) in [5.74, 6) is -0.365. The molecule has 0 aliphatic rings. The third-order valence-corrected chi connectivity index (χ3v) is 4.05. The summed E-state index contributed by atoms with van der Waals surface area (Å²) >= 11 is 0. The van der Waals surface area contributed by atoms with Crippen LogP contribution in [0.1, 0.15) is 16.8 Å². The Morgan fingerprint density at radius 2 is 1.84 bits per heavy atom. The van der Waals surface area contributed by atoms with Crippen LogP contribution >= 0.6 is 0 Å². The Labute approximate surface area is 145 Å². The lowest BCUT2D eigenvalue weighted by Crippen LogP contribution is -2.20. The smallest absolute Gasteiger partial charge is 0.163 e. The first kappa shape index (κ1) is 17.0. The van der Waals surface area contributed by atoms with Crippen LogP contribution in [0.2, 0.25) is 0 Å². The van der Waals surface area contributed by atoms with Gasteiger partial charge in [0, 0.05) is 42.8 Å². The number of anilines is 1. The molecular formula is C19H18F2N4. The third-order valence-electron chi connectivity index (χ3n) is 4.05. The summed E-state index contributed by atoms with van der Waals surface area (Å²) < 4.78 is 26.5. The van der Waals surface area contributed by atoms with Gasteiger partial charge in [0.15, 0.2) is 17.5 Å². The maximum absolute atomic E-state index is 13.4. The lowest BCUT2D eigenvalue weighted by molar-refractivity contribution is 0.507. The fourth-order valence-corrected chi connectivity index (χ4v) is 2.60. The number of nitrogens with zero attached hydrogens (tertiary/aromatic N) is 4. The first-order valence-electron chi connectivity index (χ1n) is 7.86. The Morgan fingerprint density at radius 3 is 2.52 bits per heavy atom. The van der Waals surface area contributed by atoms with Gasteiger partial charge in [0.25, 0.3) is 0 Å². The van der Waals surface area contributed by atoms with Gasteiger partial charge in [0.05, 0.1) is 0 Å². The van der Waals surface area contributed by atoms with Crippen molar-refractivity contribution in [2.45, 2.75) is 20.4 Å². The van der Waals surface area contributed by atoms with Crippen molar-refractivity contribution in [3.8, 4) is 11.4 Å². The fourth-order valence-electron chi connectivity index (χ4n) is 2.60. The monoisotopic (exact) mass is 340 g/mol. The van der Waals surface area contributed by atoms with Crippen LogP contribution in [-0.4, -0.2) is 22.0 Å². The highest BCUT2D eigenvalue weighted by atomic mass is 19.2. The van der Waals surface area contributed by atoms with Gasteiger partial charge in [-0.2, -0.15) is 0 Å². The number of pyridine rings is 1. The molecule has 2 heterocycles. The van der Waals surface area contributed by atoms with E-state index in [0.717, 1.165) is 28.7 Å².